The summed E-state index contributed by atoms with van der Waals surface area (Å²) < 4.78 is 76.4. The van der Waals surface area contributed by atoms with E-state index in [-0.39, 0.29) is 23.2 Å². The molecule has 0 bridgehead atoms. The number of aromatic nitrogens is 2. The number of nitrogens with zero attached hydrogens (tertiary/aromatic N) is 2. The van der Waals surface area contributed by atoms with E-state index < -0.39 is 50.6 Å². The van der Waals surface area contributed by atoms with E-state index in [1.807, 2.05) is 0 Å². The first-order chi connectivity index (χ1) is 15.1. The highest BCUT2D eigenvalue weighted by Gasteiger charge is 2.62. The molecule has 1 unspecified atom stereocenters. The van der Waals surface area contributed by atoms with E-state index in [2.05, 4.69) is 4.98 Å². The molecule has 174 valence electrons. The van der Waals surface area contributed by atoms with Crippen LogP contribution in [0.4, 0.5) is 19.0 Å². The summed E-state index contributed by atoms with van der Waals surface area (Å²) in [7, 11) is -4.41. The minimum absolute atomic E-state index is 0.149. The van der Waals surface area contributed by atoms with Crippen LogP contribution in [0.3, 0.4) is 0 Å². The second kappa shape index (κ2) is 8.32. The van der Waals surface area contributed by atoms with Crippen LogP contribution in [0.1, 0.15) is 11.8 Å². The number of phosphoric ester groups is 1. The van der Waals surface area contributed by atoms with E-state index in [1.165, 1.54) is 6.07 Å². The quantitative estimate of drug-likeness (QED) is 0.597. The van der Waals surface area contributed by atoms with Gasteiger partial charge in [0.05, 0.1) is 18.2 Å². The molecule has 1 saturated heterocycles. The summed E-state index contributed by atoms with van der Waals surface area (Å²) in [5.74, 6) is -0.216. The van der Waals surface area contributed by atoms with Crippen LogP contribution in [0.15, 0.2) is 35.3 Å². The standard InChI is InChI=1S/C17H16ClF3N3O7P/c18-9-5-24(16(26)23-13(9)22)14-11(19)12(25)17(30-14,15(20)21)7-29-32(27)28-6-8-3-1-2-4-10(8)31-32/h1-5,11-12,14-15,25H,6-7H2,(H2,22,23,26)/t11-,12+,14-,17-,32?/m1/s1. The van der Waals surface area contributed by atoms with Crippen molar-refractivity contribution in [2.45, 2.75) is 37.1 Å². The van der Waals surface area contributed by atoms with E-state index in [1.54, 1.807) is 18.2 Å². The number of phosphoric acid groups is 1. The van der Waals surface area contributed by atoms with Crippen LogP contribution in [-0.2, 0) is 25.0 Å². The van der Waals surface area contributed by atoms with Crippen molar-refractivity contribution >= 4 is 25.2 Å². The number of nitrogens with two attached hydrogens (primary N) is 1. The number of ether oxygens (including phenoxy) is 1. The number of para-hydroxylation sites is 1. The SMILES string of the molecule is Nc1nc(=O)n([C@@H]2O[C@@](COP3(=O)OCc4ccccc4O3)(C(F)F)[C@@H](O)[C@H]2F)cc1Cl. The predicted octanol–water partition coefficient (Wildman–Crippen LogP) is 2.44. The minimum atomic E-state index is -4.41. The molecule has 4 rings (SSSR count). The molecule has 2 aliphatic rings. The van der Waals surface area contributed by atoms with Gasteiger partial charge in [-0.1, -0.05) is 29.8 Å². The van der Waals surface area contributed by atoms with Crippen LogP contribution in [0.5, 0.6) is 5.75 Å². The minimum Gasteiger partial charge on any atom is -0.404 e. The second-order valence-electron chi connectivity index (χ2n) is 7.01. The monoisotopic (exact) mass is 497 g/mol. The van der Waals surface area contributed by atoms with Crippen molar-refractivity contribution in [3.8, 4) is 5.75 Å². The Morgan fingerprint density at radius 1 is 1.44 bits per heavy atom. The van der Waals surface area contributed by atoms with E-state index in [0.717, 1.165) is 6.20 Å². The maximum atomic E-state index is 14.8. The Kier molecular flexibility index (Phi) is 5.99. The highest BCUT2D eigenvalue weighted by Crippen LogP contribution is 2.56. The van der Waals surface area contributed by atoms with Crippen LogP contribution < -0.4 is 15.9 Å². The molecule has 2 aliphatic heterocycles. The summed E-state index contributed by atoms with van der Waals surface area (Å²) in [5.41, 5.74) is 1.77. The number of nitrogen functional groups attached to an aromatic ring is 1. The van der Waals surface area contributed by atoms with E-state index >= 15 is 0 Å². The highest BCUT2D eigenvalue weighted by atomic mass is 35.5. The van der Waals surface area contributed by atoms with Crippen molar-refractivity contribution in [2.24, 2.45) is 0 Å². The average molecular weight is 498 g/mol. The number of fused-ring (bicyclic) bond motifs is 1. The number of rotatable bonds is 5. The van der Waals surface area contributed by atoms with Crippen molar-refractivity contribution in [3.63, 3.8) is 0 Å². The summed E-state index contributed by atoms with van der Waals surface area (Å²) in [4.78, 5) is 15.4. The normalized spacial score (nSPS) is 32.0. The van der Waals surface area contributed by atoms with Crippen molar-refractivity contribution in [2.75, 3.05) is 12.3 Å². The topological polar surface area (TPSA) is 135 Å². The van der Waals surface area contributed by atoms with Gasteiger partial charge in [0.2, 0.25) is 0 Å². The first-order valence-corrected chi connectivity index (χ1v) is 10.9. The molecule has 15 heteroatoms. The van der Waals surface area contributed by atoms with Gasteiger partial charge in [-0.3, -0.25) is 13.6 Å². The Hall–Kier alpha value is -2.15. The Bertz CT molecular complexity index is 1140. The number of alkyl halides is 3. The fraction of sp³-hybridized carbons (Fsp3) is 0.412. The Balaban J connectivity index is 1.59. The lowest BCUT2D eigenvalue weighted by atomic mass is 9.97. The number of anilines is 1. The molecule has 32 heavy (non-hydrogen) atoms. The first kappa shape index (κ1) is 23.0. The Labute approximate surface area is 183 Å². The summed E-state index contributed by atoms with van der Waals surface area (Å²) in [6.07, 6.45) is -9.75. The molecule has 10 nitrogen and oxygen atoms in total. The zero-order valence-electron chi connectivity index (χ0n) is 15.9. The number of halogens is 4. The number of aliphatic hydroxyl groups is 1. The van der Waals surface area contributed by atoms with Gasteiger partial charge >= 0.3 is 13.5 Å². The van der Waals surface area contributed by atoms with Gasteiger partial charge in [-0.2, -0.15) is 4.98 Å². The van der Waals surface area contributed by atoms with Crippen molar-refractivity contribution in [1.29, 1.82) is 0 Å². The van der Waals surface area contributed by atoms with E-state index in [0.29, 0.717) is 10.1 Å². The predicted molar refractivity (Wildman–Crippen MR) is 103 cm³/mol. The molecule has 0 saturated carbocycles. The van der Waals surface area contributed by atoms with Crippen molar-refractivity contribution in [3.05, 3.63) is 51.5 Å². The summed E-state index contributed by atoms with van der Waals surface area (Å²) in [5, 5.41) is 10.0. The van der Waals surface area contributed by atoms with Crippen LogP contribution >= 0.6 is 19.4 Å². The van der Waals surface area contributed by atoms with Gasteiger partial charge in [0, 0.05) is 11.8 Å². The molecule has 5 atom stereocenters. The third-order valence-electron chi connectivity index (χ3n) is 5.00. The van der Waals surface area contributed by atoms with Gasteiger partial charge in [-0.15, -0.1) is 0 Å². The highest BCUT2D eigenvalue weighted by molar-refractivity contribution is 7.49. The number of hydrogen-bond acceptors (Lipinski definition) is 9. The fourth-order valence-corrected chi connectivity index (χ4v) is 4.65. The number of hydrogen-bond donors (Lipinski definition) is 2. The van der Waals surface area contributed by atoms with Gasteiger partial charge in [-0.25, -0.2) is 22.5 Å². The fourth-order valence-electron chi connectivity index (χ4n) is 3.25. The number of aliphatic hydroxyl groups excluding tert-OH is 1. The van der Waals surface area contributed by atoms with Gasteiger partial charge in [0.25, 0.3) is 6.43 Å². The molecule has 0 radical (unpaired) electrons. The van der Waals surface area contributed by atoms with Gasteiger partial charge in [0.1, 0.15) is 17.7 Å². The van der Waals surface area contributed by atoms with Gasteiger partial charge in [-0.05, 0) is 6.07 Å². The Morgan fingerprint density at radius 2 is 2.16 bits per heavy atom. The molecule has 1 aromatic heterocycles. The zero-order chi connectivity index (χ0) is 23.3. The van der Waals surface area contributed by atoms with Crippen molar-refractivity contribution < 1.29 is 41.2 Å². The van der Waals surface area contributed by atoms with Crippen LogP contribution in [0, 0.1) is 0 Å². The lowest BCUT2D eigenvalue weighted by Gasteiger charge is -2.32. The summed E-state index contributed by atoms with van der Waals surface area (Å²) >= 11 is 5.77. The molecule has 0 amide bonds. The molecule has 3 N–H and O–H groups in total. The molecule has 1 fully saturated rings. The van der Waals surface area contributed by atoms with Crippen LogP contribution in [0.2, 0.25) is 5.02 Å². The van der Waals surface area contributed by atoms with Gasteiger partial charge < -0.3 is 20.1 Å². The molecule has 0 spiro atoms. The lowest BCUT2D eigenvalue weighted by Crippen LogP contribution is -2.52. The molecular weight excluding hydrogens is 482 g/mol. The molecule has 2 aromatic rings. The third-order valence-corrected chi connectivity index (χ3v) is 6.60. The van der Waals surface area contributed by atoms with E-state index in [4.69, 9.17) is 35.6 Å². The molecule has 1 aromatic carbocycles. The second-order valence-corrected chi connectivity index (χ2v) is 9.01. The third kappa shape index (κ3) is 3.89. The maximum absolute atomic E-state index is 14.8. The Morgan fingerprint density at radius 3 is 2.88 bits per heavy atom. The smallest absolute Gasteiger partial charge is 0.404 e. The van der Waals surface area contributed by atoms with Crippen LogP contribution in [-0.4, -0.2) is 45.6 Å². The maximum Gasteiger partial charge on any atom is 0.530 e. The van der Waals surface area contributed by atoms with Crippen LogP contribution in [0.25, 0.3) is 0 Å². The zero-order valence-corrected chi connectivity index (χ0v) is 17.6. The largest absolute Gasteiger partial charge is 0.530 e. The first-order valence-electron chi connectivity index (χ1n) is 9.05. The molecule has 0 aliphatic carbocycles. The average Bonchev–Trinajstić information content (AvgIpc) is 3.01. The van der Waals surface area contributed by atoms with E-state index in [9.17, 15) is 27.6 Å². The van der Waals surface area contributed by atoms with Crippen molar-refractivity contribution in [1.82, 2.24) is 9.55 Å². The lowest BCUT2D eigenvalue weighted by molar-refractivity contribution is -0.194. The summed E-state index contributed by atoms with van der Waals surface area (Å²) in [6.45, 7) is -1.48. The molecular formula is C17H16ClF3N3O7P. The molecule has 3 heterocycles. The van der Waals surface area contributed by atoms with Gasteiger partial charge in [0.15, 0.2) is 18.0 Å². The summed E-state index contributed by atoms with van der Waals surface area (Å²) in [6, 6.07) is 6.36. The number of benzene rings is 1.